The van der Waals surface area contributed by atoms with Gasteiger partial charge in [-0.3, -0.25) is 0 Å². The SMILES string of the molecule is CCCCCC/C=C/C(CC(=O)[O-])C(=O)[O-]. The summed E-state index contributed by atoms with van der Waals surface area (Å²) in [5.74, 6) is -3.81. The summed E-state index contributed by atoms with van der Waals surface area (Å²) in [6, 6.07) is 0. The first-order chi connectivity index (χ1) is 7.57. The normalized spacial score (nSPS) is 12.8. The molecule has 0 spiro atoms. The summed E-state index contributed by atoms with van der Waals surface area (Å²) < 4.78 is 0. The van der Waals surface area contributed by atoms with Crippen LogP contribution in [0.15, 0.2) is 12.2 Å². The van der Waals surface area contributed by atoms with Crippen LogP contribution in [-0.2, 0) is 9.59 Å². The van der Waals surface area contributed by atoms with E-state index in [0.717, 1.165) is 32.1 Å². The first kappa shape index (κ1) is 14.7. The Kier molecular flexibility index (Phi) is 8.21. The van der Waals surface area contributed by atoms with Crippen LogP contribution in [0.4, 0.5) is 0 Å². The van der Waals surface area contributed by atoms with E-state index in [1.165, 1.54) is 6.08 Å². The van der Waals surface area contributed by atoms with Gasteiger partial charge in [-0.2, -0.15) is 0 Å². The highest BCUT2D eigenvalue weighted by Gasteiger charge is 2.05. The zero-order valence-corrected chi connectivity index (χ0v) is 9.61. The Hall–Kier alpha value is -1.32. The number of hydrogen-bond acceptors (Lipinski definition) is 4. The molecule has 0 fully saturated rings. The Morgan fingerprint density at radius 2 is 1.88 bits per heavy atom. The van der Waals surface area contributed by atoms with Gasteiger partial charge in [0.15, 0.2) is 0 Å². The van der Waals surface area contributed by atoms with Crippen molar-refractivity contribution >= 4 is 11.9 Å². The highest BCUT2D eigenvalue weighted by Crippen LogP contribution is 2.07. The van der Waals surface area contributed by atoms with Gasteiger partial charge in [-0.1, -0.05) is 38.3 Å². The van der Waals surface area contributed by atoms with Crippen molar-refractivity contribution in [2.45, 2.75) is 45.4 Å². The van der Waals surface area contributed by atoms with Gasteiger partial charge < -0.3 is 19.8 Å². The summed E-state index contributed by atoms with van der Waals surface area (Å²) in [7, 11) is 0. The second-order valence-electron chi connectivity index (χ2n) is 3.78. The van der Waals surface area contributed by atoms with Crippen LogP contribution in [-0.4, -0.2) is 11.9 Å². The summed E-state index contributed by atoms with van der Waals surface area (Å²) in [4.78, 5) is 20.8. The molecule has 4 heteroatoms. The number of unbranched alkanes of at least 4 members (excludes halogenated alkanes) is 4. The third-order valence-corrected chi connectivity index (χ3v) is 2.28. The third kappa shape index (κ3) is 8.03. The lowest BCUT2D eigenvalue weighted by Gasteiger charge is -2.14. The van der Waals surface area contributed by atoms with E-state index in [9.17, 15) is 19.8 Å². The average molecular weight is 226 g/mol. The van der Waals surface area contributed by atoms with Gasteiger partial charge in [0.2, 0.25) is 0 Å². The smallest absolute Gasteiger partial charge is 0.0486 e. The van der Waals surface area contributed by atoms with E-state index >= 15 is 0 Å². The number of hydrogen-bond donors (Lipinski definition) is 0. The number of carbonyl (C=O) groups excluding carboxylic acids is 2. The molecule has 4 nitrogen and oxygen atoms in total. The predicted molar refractivity (Wildman–Crippen MR) is 56.0 cm³/mol. The maximum atomic E-state index is 10.5. The molecule has 0 N–H and O–H groups in total. The summed E-state index contributed by atoms with van der Waals surface area (Å²) in [6.45, 7) is 2.11. The van der Waals surface area contributed by atoms with Gasteiger partial charge in [-0.05, 0) is 19.3 Å². The van der Waals surface area contributed by atoms with E-state index < -0.39 is 24.3 Å². The average Bonchev–Trinajstić information content (AvgIpc) is 2.20. The fourth-order valence-electron chi connectivity index (χ4n) is 1.36. The van der Waals surface area contributed by atoms with Crippen molar-refractivity contribution in [3.8, 4) is 0 Å². The number of carboxylic acid groups (broad SMARTS) is 2. The van der Waals surface area contributed by atoms with E-state index in [4.69, 9.17) is 0 Å². The monoisotopic (exact) mass is 226 g/mol. The van der Waals surface area contributed by atoms with Crippen molar-refractivity contribution in [3.63, 3.8) is 0 Å². The Morgan fingerprint density at radius 3 is 2.38 bits per heavy atom. The second-order valence-corrected chi connectivity index (χ2v) is 3.78. The molecular weight excluding hydrogens is 208 g/mol. The van der Waals surface area contributed by atoms with Crippen LogP contribution in [0.3, 0.4) is 0 Å². The molecule has 0 saturated heterocycles. The van der Waals surface area contributed by atoms with Crippen molar-refractivity contribution in [2.75, 3.05) is 0 Å². The number of rotatable bonds is 9. The van der Waals surface area contributed by atoms with Gasteiger partial charge in [0, 0.05) is 17.9 Å². The van der Waals surface area contributed by atoms with E-state index in [-0.39, 0.29) is 0 Å². The molecule has 0 aliphatic carbocycles. The lowest BCUT2D eigenvalue weighted by molar-refractivity contribution is -0.318. The zero-order chi connectivity index (χ0) is 12.4. The Labute approximate surface area is 96.0 Å². The second kappa shape index (κ2) is 8.95. The minimum absolute atomic E-state index is 0.520. The molecule has 0 aromatic heterocycles. The van der Waals surface area contributed by atoms with E-state index in [1.54, 1.807) is 6.08 Å². The van der Waals surface area contributed by atoms with Crippen molar-refractivity contribution in [1.82, 2.24) is 0 Å². The minimum Gasteiger partial charge on any atom is -0.550 e. The highest BCUT2D eigenvalue weighted by molar-refractivity contribution is 5.77. The van der Waals surface area contributed by atoms with Crippen LogP contribution in [0.1, 0.15) is 45.4 Å². The van der Waals surface area contributed by atoms with Gasteiger partial charge >= 0.3 is 0 Å². The maximum Gasteiger partial charge on any atom is 0.0486 e. The number of carboxylic acids is 2. The predicted octanol–water partition coefficient (Wildman–Crippen LogP) is 0.0191. The molecule has 16 heavy (non-hydrogen) atoms. The Morgan fingerprint density at radius 1 is 1.19 bits per heavy atom. The molecule has 1 unspecified atom stereocenters. The van der Waals surface area contributed by atoms with Gasteiger partial charge in [0.25, 0.3) is 0 Å². The fourth-order valence-corrected chi connectivity index (χ4v) is 1.36. The van der Waals surface area contributed by atoms with Crippen LogP contribution < -0.4 is 10.2 Å². The van der Waals surface area contributed by atoms with Crippen LogP contribution in [0.25, 0.3) is 0 Å². The largest absolute Gasteiger partial charge is 0.550 e. The van der Waals surface area contributed by atoms with E-state index in [1.807, 2.05) is 0 Å². The lowest BCUT2D eigenvalue weighted by atomic mass is 10.0. The molecule has 0 rings (SSSR count). The van der Waals surface area contributed by atoms with E-state index in [0.29, 0.717) is 0 Å². The fraction of sp³-hybridized carbons (Fsp3) is 0.667. The summed E-state index contributed by atoms with van der Waals surface area (Å²) in [5, 5.41) is 20.8. The number of carbonyl (C=O) groups is 2. The van der Waals surface area contributed by atoms with Crippen molar-refractivity contribution in [3.05, 3.63) is 12.2 Å². The number of allylic oxidation sites excluding steroid dienone is 1. The molecule has 1 atom stereocenters. The topological polar surface area (TPSA) is 80.3 Å². The van der Waals surface area contributed by atoms with Crippen LogP contribution in [0, 0.1) is 5.92 Å². The molecule has 0 saturated carbocycles. The van der Waals surface area contributed by atoms with Crippen LogP contribution in [0.2, 0.25) is 0 Å². The van der Waals surface area contributed by atoms with Gasteiger partial charge in [0.1, 0.15) is 0 Å². The van der Waals surface area contributed by atoms with Crippen molar-refractivity contribution in [1.29, 1.82) is 0 Å². The number of aliphatic carboxylic acids is 2. The van der Waals surface area contributed by atoms with Crippen LogP contribution in [0.5, 0.6) is 0 Å². The summed E-state index contributed by atoms with van der Waals surface area (Å²) in [6.07, 6.45) is 7.76. The molecule has 0 heterocycles. The lowest BCUT2D eigenvalue weighted by Crippen LogP contribution is -2.35. The Balaban J connectivity index is 3.85. The minimum atomic E-state index is -1.37. The maximum absolute atomic E-state index is 10.5. The van der Waals surface area contributed by atoms with Gasteiger partial charge in [-0.25, -0.2) is 0 Å². The Bertz CT molecular complexity index is 245. The van der Waals surface area contributed by atoms with Gasteiger partial charge in [-0.15, -0.1) is 0 Å². The molecule has 0 aromatic carbocycles. The van der Waals surface area contributed by atoms with E-state index in [2.05, 4.69) is 6.92 Å². The summed E-state index contributed by atoms with van der Waals surface area (Å²) >= 11 is 0. The first-order valence-electron chi connectivity index (χ1n) is 5.65. The van der Waals surface area contributed by atoms with Gasteiger partial charge in [0.05, 0.1) is 0 Å². The standard InChI is InChI=1S/C12H20O4/c1-2-3-4-5-6-7-8-10(12(15)16)9-11(13)14/h7-8,10H,2-6,9H2,1H3,(H,13,14)(H,15,16)/p-2/b8-7+. The van der Waals surface area contributed by atoms with Crippen molar-refractivity contribution < 1.29 is 19.8 Å². The highest BCUT2D eigenvalue weighted by atomic mass is 16.4. The zero-order valence-electron chi connectivity index (χ0n) is 9.61. The first-order valence-corrected chi connectivity index (χ1v) is 5.65. The molecule has 0 aromatic rings. The van der Waals surface area contributed by atoms with Crippen LogP contribution >= 0.6 is 0 Å². The molecule has 0 aliphatic rings. The molecular formula is C12H18O4-2. The molecule has 0 amide bonds. The molecule has 0 bridgehead atoms. The molecule has 92 valence electrons. The van der Waals surface area contributed by atoms with Crippen molar-refractivity contribution in [2.24, 2.45) is 5.92 Å². The molecule has 0 radical (unpaired) electrons. The molecule has 0 aliphatic heterocycles. The third-order valence-electron chi connectivity index (χ3n) is 2.28. The quantitative estimate of drug-likeness (QED) is 0.410. The summed E-state index contributed by atoms with van der Waals surface area (Å²) in [5.41, 5.74) is 0.